The summed E-state index contributed by atoms with van der Waals surface area (Å²) in [6, 6.07) is 8.43. The predicted molar refractivity (Wildman–Crippen MR) is 83.0 cm³/mol. The zero-order chi connectivity index (χ0) is 13.7. The Bertz CT molecular complexity index is 387. The van der Waals surface area contributed by atoms with Crippen LogP contribution >= 0.6 is 11.6 Å². The molecule has 4 heteroatoms. The highest BCUT2D eigenvalue weighted by atomic mass is 35.5. The molecule has 0 aliphatic carbocycles. The maximum Gasteiger partial charge on any atom is 0.0639 e. The third-order valence-electron chi connectivity index (χ3n) is 3.70. The van der Waals surface area contributed by atoms with Crippen molar-refractivity contribution in [2.75, 3.05) is 37.6 Å². The largest absolute Gasteiger partial charge is 0.368 e. The van der Waals surface area contributed by atoms with Crippen LogP contribution in [-0.4, -0.2) is 43.7 Å². The van der Waals surface area contributed by atoms with E-state index in [1.54, 1.807) is 0 Å². The average Bonchev–Trinajstić information content (AvgIpc) is 2.40. The predicted octanol–water partition coefficient (Wildman–Crippen LogP) is 2.59. The Hall–Kier alpha value is -0.770. The van der Waals surface area contributed by atoms with Crippen molar-refractivity contribution in [1.82, 2.24) is 4.90 Å². The van der Waals surface area contributed by atoms with Crippen LogP contribution in [0.4, 0.5) is 5.69 Å². The van der Waals surface area contributed by atoms with Crippen LogP contribution in [0.25, 0.3) is 0 Å². The Labute approximate surface area is 121 Å². The number of nitrogens with two attached hydrogens (primary N) is 1. The fraction of sp³-hybridized carbons (Fsp3) is 0.600. The molecule has 1 atom stereocenters. The van der Waals surface area contributed by atoms with Crippen LogP contribution < -0.4 is 10.6 Å². The molecule has 1 aliphatic rings. The highest BCUT2D eigenvalue weighted by Gasteiger charge is 2.18. The lowest BCUT2D eigenvalue weighted by molar-refractivity contribution is 0.251. The number of halogens is 1. The maximum atomic E-state index is 6.24. The van der Waals surface area contributed by atoms with E-state index in [2.05, 4.69) is 28.9 Å². The van der Waals surface area contributed by atoms with E-state index in [0.717, 1.165) is 44.2 Å². The van der Waals surface area contributed by atoms with Crippen molar-refractivity contribution in [1.29, 1.82) is 0 Å². The van der Waals surface area contributed by atoms with E-state index in [1.165, 1.54) is 12.1 Å². The van der Waals surface area contributed by atoms with E-state index in [1.807, 2.05) is 12.1 Å². The molecule has 1 saturated heterocycles. The van der Waals surface area contributed by atoms with Crippen LogP contribution in [-0.2, 0) is 0 Å². The van der Waals surface area contributed by atoms with Crippen molar-refractivity contribution in [3.63, 3.8) is 0 Å². The summed E-state index contributed by atoms with van der Waals surface area (Å²) in [7, 11) is 0. The van der Waals surface area contributed by atoms with Crippen molar-refractivity contribution in [2.45, 2.75) is 25.8 Å². The lowest BCUT2D eigenvalue weighted by Crippen LogP contribution is -2.46. The second-order valence-electron chi connectivity index (χ2n) is 5.40. The van der Waals surface area contributed by atoms with Gasteiger partial charge in [0.05, 0.1) is 10.7 Å². The number of benzene rings is 1. The number of anilines is 1. The summed E-state index contributed by atoms with van der Waals surface area (Å²) in [6.07, 6.45) is 2.31. The normalized spacial score (nSPS) is 18.6. The molecule has 3 nitrogen and oxygen atoms in total. The Morgan fingerprint density at radius 2 is 1.89 bits per heavy atom. The first-order valence-electron chi connectivity index (χ1n) is 7.14. The van der Waals surface area contributed by atoms with Gasteiger partial charge in [0.2, 0.25) is 0 Å². The molecule has 2 N–H and O–H groups in total. The van der Waals surface area contributed by atoms with Gasteiger partial charge in [-0.15, -0.1) is 0 Å². The Balaban J connectivity index is 1.78. The van der Waals surface area contributed by atoms with Crippen LogP contribution in [0.2, 0.25) is 5.02 Å². The van der Waals surface area contributed by atoms with Gasteiger partial charge in [0.25, 0.3) is 0 Å². The second kappa shape index (κ2) is 7.13. The molecule has 0 radical (unpaired) electrons. The Kier molecular flexibility index (Phi) is 5.49. The molecule has 1 heterocycles. The van der Waals surface area contributed by atoms with Crippen molar-refractivity contribution in [3.8, 4) is 0 Å². The van der Waals surface area contributed by atoms with Gasteiger partial charge in [-0.05, 0) is 38.4 Å². The van der Waals surface area contributed by atoms with E-state index in [9.17, 15) is 0 Å². The lowest BCUT2D eigenvalue weighted by atomic mass is 10.2. The number of piperazine rings is 1. The molecule has 1 aromatic carbocycles. The summed E-state index contributed by atoms with van der Waals surface area (Å²) in [5, 5.41) is 0.855. The summed E-state index contributed by atoms with van der Waals surface area (Å²) in [5.74, 6) is 0. The monoisotopic (exact) mass is 281 g/mol. The number of rotatable bonds is 5. The molecule has 0 amide bonds. The van der Waals surface area contributed by atoms with E-state index >= 15 is 0 Å². The van der Waals surface area contributed by atoms with Crippen LogP contribution in [0.1, 0.15) is 19.8 Å². The lowest BCUT2D eigenvalue weighted by Gasteiger charge is -2.36. The molecule has 0 aromatic heterocycles. The number of para-hydroxylation sites is 1. The highest BCUT2D eigenvalue weighted by molar-refractivity contribution is 6.33. The highest BCUT2D eigenvalue weighted by Crippen LogP contribution is 2.25. The third kappa shape index (κ3) is 4.37. The van der Waals surface area contributed by atoms with Gasteiger partial charge in [0.1, 0.15) is 0 Å². The molecule has 0 bridgehead atoms. The van der Waals surface area contributed by atoms with Gasteiger partial charge in [-0.25, -0.2) is 0 Å². The fourth-order valence-electron chi connectivity index (χ4n) is 2.56. The molecule has 1 aromatic rings. The third-order valence-corrected chi connectivity index (χ3v) is 4.02. The summed E-state index contributed by atoms with van der Waals surface area (Å²) >= 11 is 6.24. The van der Waals surface area contributed by atoms with E-state index in [4.69, 9.17) is 17.3 Å². The van der Waals surface area contributed by atoms with Crippen LogP contribution in [0.3, 0.4) is 0 Å². The van der Waals surface area contributed by atoms with Crippen LogP contribution in [0.5, 0.6) is 0 Å². The number of hydrogen-bond acceptors (Lipinski definition) is 3. The minimum absolute atomic E-state index is 0.324. The fourth-order valence-corrected chi connectivity index (χ4v) is 2.81. The van der Waals surface area contributed by atoms with Gasteiger partial charge in [-0.2, -0.15) is 0 Å². The van der Waals surface area contributed by atoms with Gasteiger partial charge < -0.3 is 10.6 Å². The van der Waals surface area contributed by atoms with Gasteiger partial charge >= 0.3 is 0 Å². The first kappa shape index (κ1) is 14.6. The first-order chi connectivity index (χ1) is 9.16. The molecule has 1 aliphatic heterocycles. The Morgan fingerprint density at radius 3 is 2.53 bits per heavy atom. The minimum atomic E-state index is 0.324. The summed E-state index contributed by atoms with van der Waals surface area (Å²) in [4.78, 5) is 4.90. The number of nitrogens with zero attached hydrogens (tertiary/aromatic N) is 2. The smallest absolute Gasteiger partial charge is 0.0639 e. The van der Waals surface area contributed by atoms with Crippen molar-refractivity contribution in [3.05, 3.63) is 29.3 Å². The molecule has 0 saturated carbocycles. The van der Waals surface area contributed by atoms with Crippen LogP contribution in [0, 0.1) is 0 Å². The first-order valence-corrected chi connectivity index (χ1v) is 7.52. The SMILES string of the molecule is CC(N)CCCN1CCN(c2ccccc2Cl)CC1. The maximum absolute atomic E-state index is 6.24. The van der Waals surface area contributed by atoms with Gasteiger partial charge in [-0.1, -0.05) is 23.7 Å². The molecule has 1 fully saturated rings. The molecule has 2 rings (SSSR count). The van der Waals surface area contributed by atoms with Crippen LogP contribution in [0.15, 0.2) is 24.3 Å². The average molecular weight is 282 g/mol. The van der Waals surface area contributed by atoms with Crippen molar-refractivity contribution >= 4 is 17.3 Å². The molecule has 106 valence electrons. The molecule has 1 unspecified atom stereocenters. The quantitative estimate of drug-likeness (QED) is 0.900. The standard InChI is InChI=1S/C15H24ClN3/c1-13(17)5-4-8-18-9-11-19(12-10-18)15-7-3-2-6-14(15)16/h2-3,6-7,13H,4-5,8-12,17H2,1H3. The van der Waals surface area contributed by atoms with E-state index < -0.39 is 0 Å². The van der Waals surface area contributed by atoms with Gasteiger partial charge in [-0.3, -0.25) is 4.90 Å². The zero-order valence-corrected chi connectivity index (χ0v) is 12.4. The second-order valence-corrected chi connectivity index (χ2v) is 5.81. The molecule has 0 spiro atoms. The minimum Gasteiger partial charge on any atom is -0.368 e. The summed E-state index contributed by atoms with van der Waals surface area (Å²) in [6.45, 7) is 7.59. The van der Waals surface area contributed by atoms with Gasteiger partial charge in [0, 0.05) is 32.2 Å². The summed E-state index contributed by atoms with van der Waals surface area (Å²) in [5.41, 5.74) is 6.95. The topological polar surface area (TPSA) is 32.5 Å². The van der Waals surface area contributed by atoms with Crippen molar-refractivity contribution in [2.24, 2.45) is 5.73 Å². The Morgan fingerprint density at radius 1 is 1.21 bits per heavy atom. The molecular weight excluding hydrogens is 258 g/mol. The van der Waals surface area contributed by atoms with E-state index in [0.29, 0.717) is 6.04 Å². The van der Waals surface area contributed by atoms with E-state index in [-0.39, 0.29) is 0 Å². The molecular formula is C15H24ClN3. The van der Waals surface area contributed by atoms with Crippen molar-refractivity contribution < 1.29 is 0 Å². The zero-order valence-electron chi connectivity index (χ0n) is 11.7. The van der Waals surface area contributed by atoms with Gasteiger partial charge in [0.15, 0.2) is 0 Å². The number of hydrogen-bond donors (Lipinski definition) is 1. The summed E-state index contributed by atoms with van der Waals surface area (Å²) < 4.78 is 0. The molecule has 19 heavy (non-hydrogen) atoms.